The Kier molecular flexibility index (Phi) is 6.32. The molecule has 0 unspecified atom stereocenters. The molecule has 0 saturated carbocycles. The van der Waals surface area contributed by atoms with Gasteiger partial charge in [0.05, 0.1) is 25.5 Å². The highest BCUT2D eigenvalue weighted by atomic mass is 79.9. The first kappa shape index (κ1) is 22.2. The van der Waals surface area contributed by atoms with Gasteiger partial charge in [0.25, 0.3) is 0 Å². The summed E-state index contributed by atoms with van der Waals surface area (Å²) in [5, 5.41) is 0. The molecule has 6 nitrogen and oxygen atoms in total. The van der Waals surface area contributed by atoms with Crippen molar-refractivity contribution >= 4 is 15.9 Å². The number of ether oxygens (including phenoxy) is 4. The van der Waals surface area contributed by atoms with Crippen LogP contribution >= 0.6 is 15.9 Å². The fraction of sp³-hybridized carbons (Fsp3) is 0.476. The quantitative estimate of drug-likeness (QED) is 0.619. The van der Waals surface area contributed by atoms with Crippen molar-refractivity contribution in [3.8, 4) is 22.9 Å². The molecule has 31 heavy (non-hydrogen) atoms. The lowest BCUT2D eigenvalue weighted by Gasteiger charge is -2.29. The van der Waals surface area contributed by atoms with Gasteiger partial charge in [-0.3, -0.25) is 4.79 Å². The number of alkyl halides is 3. The third-order valence-electron chi connectivity index (χ3n) is 5.23. The van der Waals surface area contributed by atoms with Crippen molar-refractivity contribution in [2.75, 3.05) is 33.0 Å². The molecule has 4 rings (SSSR count). The van der Waals surface area contributed by atoms with Gasteiger partial charge in [-0.2, -0.15) is 13.2 Å². The smallest absolute Gasteiger partial charge is 0.422 e. The van der Waals surface area contributed by atoms with Gasteiger partial charge in [-0.25, -0.2) is 0 Å². The molecular formula is C21H21BrF3NO5. The van der Waals surface area contributed by atoms with E-state index >= 15 is 0 Å². The highest BCUT2D eigenvalue weighted by molar-refractivity contribution is 9.10. The highest BCUT2D eigenvalue weighted by Gasteiger charge is 2.29. The van der Waals surface area contributed by atoms with E-state index in [-0.39, 0.29) is 23.9 Å². The number of pyridine rings is 1. The number of nitrogens with zero attached hydrogens (tertiary/aromatic N) is 1. The van der Waals surface area contributed by atoms with Gasteiger partial charge in [0.2, 0.25) is 11.3 Å². The van der Waals surface area contributed by atoms with Gasteiger partial charge in [-0.1, -0.05) is 0 Å². The molecule has 0 N–H and O–H groups in total. The summed E-state index contributed by atoms with van der Waals surface area (Å²) in [4.78, 5) is 12.9. The Labute approximate surface area is 185 Å². The van der Waals surface area contributed by atoms with Crippen molar-refractivity contribution in [2.45, 2.75) is 32.2 Å². The van der Waals surface area contributed by atoms with E-state index in [9.17, 15) is 18.0 Å². The molecule has 0 bridgehead atoms. The molecular weight excluding hydrogens is 483 g/mol. The predicted octanol–water partition coefficient (Wildman–Crippen LogP) is 3.88. The minimum absolute atomic E-state index is 0.146. The molecule has 3 heterocycles. The van der Waals surface area contributed by atoms with Crippen molar-refractivity contribution in [3.05, 3.63) is 44.0 Å². The molecule has 0 aliphatic carbocycles. The number of aromatic nitrogens is 1. The molecule has 0 spiro atoms. The van der Waals surface area contributed by atoms with E-state index in [2.05, 4.69) is 15.9 Å². The van der Waals surface area contributed by atoms with E-state index in [0.717, 1.165) is 11.1 Å². The zero-order valence-electron chi connectivity index (χ0n) is 16.8. The van der Waals surface area contributed by atoms with Gasteiger partial charge < -0.3 is 23.5 Å². The standard InChI is InChI=1S/C21H21BrF3NO5/c1-12-18-16-3-2-14(31-11-21(23,24)25)8-13(16)4-5-26(18)20(17(22)19(12)27)30-10-15-9-28-6-7-29-15/h2-3,8,15H,4-7,9-11H2,1H3/t15-/m0/s1. The van der Waals surface area contributed by atoms with Crippen LogP contribution in [-0.4, -0.2) is 49.9 Å². The van der Waals surface area contributed by atoms with E-state index < -0.39 is 12.8 Å². The maximum absolute atomic E-state index is 12.9. The summed E-state index contributed by atoms with van der Waals surface area (Å²) in [6, 6.07) is 4.78. The van der Waals surface area contributed by atoms with Crippen LogP contribution in [0.25, 0.3) is 11.3 Å². The van der Waals surface area contributed by atoms with Gasteiger partial charge in [-0.15, -0.1) is 0 Å². The third kappa shape index (κ3) is 4.75. The van der Waals surface area contributed by atoms with Crippen LogP contribution in [0.15, 0.2) is 27.5 Å². The number of aryl methyl sites for hydroxylation is 1. The molecule has 168 valence electrons. The molecule has 1 atom stereocenters. The summed E-state index contributed by atoms with van der Waals surface area (Å²) in [7, 11) is 0. The van der Waals surface area contributed by atoms with Gasteiger partial charge >= 0.3 is 6.18 Å². The molecule has 0 amide bonds. The van der Waals surface area contributed by atoms with E-state index in [4.69, 9.17) is 18.9 Å². The fourth-order valence-electron chi connectivity index (χ4n) is 3.79. The second kappa shape index (κ2) is 8.84. The second-order valence-electron chi connectivity index (χ2n) is 7.43. The van der Waals surface area contributed by atoms with Gasteiger partial charge in [-0.05, 0) is 53.0 Å². The van der Waals surface area contributed by atoms with Crippen molar-refractivity contribution < 1.29 is 32.1 Å². The van der Waals surface area contributed by atoms with Crippen molar-refractivity contribution in [1.29, 1.82) is 0 Å². The average Bonchev–Trinajstić information content (AvgIpc) is 2.75. The monoisotopic (exact) mass is 503 g/mol. The Bertz CT molecular complexity index is 1030. The summed E-state index contributed by atoms with van der Waals surface area (Å²) < 4.78 is 61.5. The van der Waals surface area contributed by atoms with Crippen LogP contribution in [0.5, 0.6) is 11.6 Å². The predicted molar refractivity (Wildman–Crippen MR) is 110 cm³/mol. The Balaban J connectivity index is 1.66. The van der Waals surface area contributed by atoms with Crippen LogP contribution in [0.1, 0.15) is 11.1 Å². The number of halogens is 4. The molecule has 0 radical (unpaired) electrons. The van der Waals surface area contributed by atoms with E-state index in [0.29, 0.717) is 54.4 Å². The first-order valence-corrected chi connectivity index (χ1v) is 10.6. The maximum atomic E-state index is 12.9. The van der Waals surface area contributed by atoms with Crippen LogP contribution in [-0.2, 0) is 22.4 Å². The van der Waals surface area contributed by atoms with Crippen LogP contribution in [0.4, 0.5) is 13.2 Å². The fourth-order valence-corrected chi connectivity index (χ4v) is 4.42. The molecule has 1 aromatic heterocycles. The van der Waals surface area contributed by atoms with E-state index in [1.807, 2.05) is 4.57 Å². The Hall–Kier alpha value is -2.04. The molecule has 1 saturated heterocycles. The van der Waals surface area contributed by atoms with Gasteiger partial charge in [0.15, 0.2) is 6.61 Å². The third-order valence-corrected chi connectivity index (χ3v) is 5.93. The number of benzene rings is 1. The normalized spacial score (nSPS) is 18.3. The number of rotatable bonds is 5. The minimum atomic E-state index is -4.40. The van der Waals surface area contributed by atoms with Crippen LogP contribution in [0.2, 0.25) is 0 Å². The van der Waals surface area contributed by atoms with E-state index in [1.54, 1.807) is 19.1 Å². The average molecular weight is 504 g/mol. The van der Waals surface area contributed by atoms with Gasteiger partial charge in [0.1, 0.15) is 22.9 Å². The van der Waals surface area contributed by atoms with Crippen molar-refractivity contribution in [2.24, 2.45) is 0 Å². The zero-order valence-corrected chi connectivity index (χ0v) is 18.3. The first-order chi connectivity index (χ1) is 14.7. The Morgan fingerprint density at radius 2 is 2.06 bits per heavy atom. The molecule has 1 fully saturated rings. The maximum Gasteiger partial charge on any atom is 0.422 e. The van der Waals surface area contributed by atoms with E-state index in [1.165, 1.54) is 6.07 Å². The topological polar surface area (TPSA) is 58.9 Å². The number of hydrogen-bond acceptors (Lipinski definition) is 5. The largest absolute Gasteiger partial charge is 0.484 e. The van der Waals surface area contributed by atoms with Gasteiger partial charge in [0, 0.05) is 17.7 Å². The lowest BCUT2D eigenvalue weighted by Crippen LogP contribution is -2.34. The molecule has 1 aromatic carbocycles. The van der Waals surface area contributed by atoms with Crippen LogP contribution in [0.3, 0.4) is 0 Å². The summed E-state index contributed by atoms with van der Waals surface area (Å²) in [6.07, 6.45) is -4.07. The lowest BCUT2D eigenvalue weighted by atomic mass is 9.94. The molecule has 2 aliphatic rings. The molecule has 2 aliphatic heterocycles. The zero-order chi connectivity index (χ0) is 22.2. The Morgan fingerprint density at radius 3 is 2.77 bits per heavy atom. The summed E-state index contributed by atoms with van der Waals surface area (Å²) in [6.45, 7) is 2.57. The summed E-state index contributed by atoms with van der Waals surface area (Å²) in [5.74, 6) is 0.551. The van der Waals surface area contributed by atoms with Crippen molar-refractivity contribution in [1.82, 2.24) is 4.57 Å². The minimum Gasteiger partial charge on any atom is -0.484 e. The molecule has 2 aromatic rings. The number of hydrogen-bond donors (Lipinski definition) is 0. The lowest BCUT2D eigenvalue weighted by molar-refractivity contribution is -0.153. The molecule has 10 heteroatoms. The summed E-state index contributed by atoms with van der Waals surface area (Å²) >= 11 is 3.37. The highest BCUT2D eigenvalue weighted by Crippen LogP contribution is 2.38. The van der Waals surface area contributed by atoms with Crippen LogP contribution in [0, 0.1) is 6.92 Å². The Morgan fingerprint density at radius 1 is 1.26 bits per heavy atom. The SMILES string of the molecule is Cc1c2n(c(OC[C@@H]3COCCO3)c(Br)c1=O)CCc1cc(OCC(F)(F)F)ccc1-2. The van der Waals surface area contributed by atoms with Crippen molar-refractivity contribution in [3.63, 3.8) is 0 Å². The number of fused-ring (bicyclic) bond motifs is 3. The second-order valence-corrected chi connectivity index (χ2v) is 8.22. The van der Waals surface area contributed by atoms with Crippen LogP contribution < -0.4 is 14.9 Å². The summed E-state index contributed by atoms with van der Waals surface area (Å²) in [5.41, 5.74) is 2.61. The first-order valence-electron chi connectivity index (χ1n) is 9.82.